The quantitative estimate of drug-likeness (QED) is 0.485. The van der Waals surface area contributed by atoms with E-state index in [0.29, 0.717) is 0 Å². The standard InChI is InChI=1S/C16H34O2/c1-4-6-8-9-10-12-14-18-15(3)16(17)13-11-7-5-2/h15-17H,4-14H2,1-3H3. The second kappa shape index (κ2) is 13.4. The number of aliphatic hydroxyl groups excluding tert-OH is 1. The van der Waals surface area contributed by atoms with Gasteiger partial charge in [-0.15, -0.1) is 0 Å². The zero-order chi connectivity index (χ0) is 13.6. The third-order valence-corrected chi connectivity index (χ3v) is 3.52. The lowest BCUT2D eigenvalue weighted by Crippen LogP contribution is -2.26. The van der Waals surface area contributed by atoms with Gasteiger partial charge < -0.3 is 9.84 Å². The van der Waals surface area contributed by atoms with Crippen LogP contribution in [0.5, 0.6) is 0 Å². The lowest BCUT2D eigenvalue weighted by Gasteiger charge is -2.19. The number of unbranched alkanes of at least 4 members (excludes halogenated alkanes) is 7. The molecule has 0 bridgehead atoms. The summed E-state index contributed by atoms with van der Waals surface area (Å²) >= 11 is 0. The van der Waals surface area contributed by atoms with E-state index in [0.717, 1.165) is 25.9 Å². The van der Waals surface area contributed by atoms with Crippen molar-refractivity contribution in [2.75, 3.05) is 6.61 Å². The topological polar surface area (TPSA) is 29.5 Å². The van der Waals surface area contributed by atoms with Gasteiger partial charge >= 0.3 is 0 Å². The first-order chi connectivity index (χ1) is 8.72. The molecule has 0 aliphatic heterocycles. The largest absolute Gasteiger partial charge is 0.390 e. The molecule has 0 amide bonds. The smallest absolute Gasteiger partial charge is 0.0805 e. The van der Waals surface area contributed by atoms with E-state index in [1.54, 1.807) is 0 Å². The fourth-order valence-corrected chi connectivity index (χ4v) is 2.10. The summed E-state index contributed by atoms with van der Waals surface area (Å²) in [6.45, 7) is 7.22. The van der Waals surface area contributed by atoms with Gasteiger partial charge in [-0.25, -0.2) is 0 Å². The van der Waals surface area contributed by atoms with Crippen molar-refractivity contribution in [2.24, 2.45) is 0 Å². The molecule has 0 aromatic heterocycles. The first-order valence-corrected chi connectivity index (χ1v) is 8.02. The van der Waals surface area contributed by atoms with Gasteiger partial charge in [-0.05, 0) is 19.8 Å². The van der Waals surface area contributed by atoms with E-state index in [-0.39, 0.29) is 12.2 Å². The number of ether oxygens (including phenoxy) is 1. The van der Waals surface area contributed by atoms with Crippen LogP contribution >= 0.6 is 0 Å². The summed E-state index contributed by atoms with van der Waals surface area (Å²) < 4.78 is 5.69. The molecule has 0 spiro atoms. The fourth-order valence-electron chi connectivity index (χ4n) is 2.10. The Bertz CT molecular complexity index is 159. The van der Waals surface area contributed by atoms with Crippen LogP contribution in [0.4, 0.5) is 0 Å². The first kappa shape index (κ1) is 17.9. The normalized spacial score (nSPS) is 14.7. The Morgan fingerprint density at radius 2 is 1.39 bits per heavy atom. The van der Waals surface area contributed by atoms with Crippen LogP contribution < -0.4 is 0 Å². The Kier molecular flexibility index (Phi) is 13.3. The van der Waals surface area contributed by atoms with Crippen molar-refractivity contribution in [3.05, 3.63) is 0 Å². The van der Waals surface area contributed by atoms with Gasteiger partial charge in [0.25, 0.3) is 0 Å². The minimum atomic E-state index is -0.281. The molecule has 0 heterocycles. The maximum absolute atomic E-state index is 9.89. The Morgan fingerprint density at radius 1 is 0.833 bits per heavy atom. The van der Waals surface area contributed by atoms with Gasteiger partial charge in [0.2, 0.25) is 0 Å². The molecule has 2 atom stereocenters. The van der Waals surface area contributed by atoms with Gasteiger partial charge in [-0.3, -0.25) is 0 Å². The van der Waals surface area contributed by atoms with Crippen molar-refractivity contribution < 1.29 is 9.84 Å². The van der Waals surface area contributed by atoms with Crippen molar-refractivity contribution in [1.82, 2.24) is 0 Å². The minimum Gasteiger partial charge on any atom is -0.390 e. The predicted octanol–water partition coefficient (Wildman–Crippen LogP) is 4.69. The van der Waals surface area contributed by atoms with E-state index in [1.165, 1.54) is 44.9 Å². The van der Waals surface area contributed by atoms with Gasteiger partial charge in [0, 0.05) is 6.61 Å². The Morgan fingerprint density at radius 3 is 2.06 bits per heavy atom. The SMILES string of the molecule is CCCCCCCCOC(C)C(O)CCCCC. The maximum atomic E-state index is 9.89. The van der Waals surface area contributed by atoms with Crippen molar-refractivity contribution in [2.45, 2.75) is 97.2 Å². The van der Waals surface area contributed by atoms with Crippen LogP contribution in [0.15, 0.2) is 0 Å². The van der Waals surface area contributed by atoms with E-state index in [1.807, 2.05) is 6.92 Å². The van der Waals surface area contributed by atoms with E-state index < -0.39 is 0 Å². The van der Waals surface area contributed by atoms with Crippen LogP contribution in [0.3, 0.4) is 0 Å². The van der Waals surface area contributed by atoms with Crippen molar-refractivity contribution in [1.29, 1.82) is 0 Å². The highest BCUT2D eigenvalue weighted by molar-refractivity contribution is 4.64. The maximum Gasteiger partial charge on any atom is 0.0805 e. The monoisotopic (exact) mass is 258 g/mol. The van der Waals surface area contributed by atoms with Crippen LogP contribution in [-0.4, -0.2) is 23.9 Å². The Labute approximate surface area is 114 Å². The molecular weight excluding hydrogens is 224 g/mol. The summed E-state index contributed by atoms with van der Waals surface area (Å²) in [4.78, 5) is 0. The summed E-state index contributed by atoms with van der Waals surface area (Å²) in [5.41, 5.74) is 0. The van der Waals surface area contributed by atoms with Crippen molar-refractivity contribution >= 4 is 0 Å². The van der Waals surface area contributed by atoms with Crippen LogP contribution in [0.2, 0.25) is 0 Å². The highest BCUT2D eigenvalue weighted by Gasteiger charge is 2.13. The average molecular weight is 258 g/mol. The van der Waals surface area contributed by atoms with Crippen molar-refractivity contribution in [3.8, 4) is 0 Å². The Hall–Kier alpha value is -0.0800. The van der Waals surface area contributed by atoms with Crippen LogP contribution in [0, 0.1) is 0 Å². The van der Waals surface area contributed by atoms with Gasteiger partial charge in [-0.2, -0.15) is 0 Å². The van der Waals surface area contributed by atoms with E-state index in [4.69, 9.17) is 4.74 Å². The Balaban J connectivity index is 3.31. The average Bonchev–Trinajstić information content (AvgIpc) is 2.37. The van der Waals surface area contributed by atoms with E-state index in [2.05, 4.69) is 13.8 Å². The molecule has 0 aliphatic carbocycles. The van der Waals surface area contributed by atoms with Crippen LogP contribution in [0.1, 0.15) is 85.0 Å². The molecule has 0 aromatic rings. The highest BCUT2D eigenvalue weighted by atomic mass is 16.5. The summed E-state index contributed by atoms with van der Waals surface area (Å²) in [6, 6.07) is 0. The lowest BCUT2D eigenvalue weighted by molar-refractivity contribution is -0.0317. The molecule has 0 rings (SSSR count). The first-order valence-electron chi connectivity index (χ1n) is 8.02. The number of rotatable bonds is 13. The summed E-state index contributed by atoms with van der Waals surface area (Å²) in [6.07, 6.45) is 11.9. The van der Waals surface area contributed by atoms with E-state index in [9.17, 15) is 5.11 Å². The molecule has 0 saturated carbocycles. The van der Waals surface area contributed by atoms with Gasteiger partial charge in [0.05, 0.1) is 12.2 Å². The summed E-state index contributed by atoms with van der Waals surface area (Å²) in [5, 5.41) is 9.89. The molecule has 0 aliphatic rings. The highest BCUT2D eigenvalue weighted by Crippen LogP contribution is 2.10. The summed E-state index contributed by atoms with van der Waals surface area (Å²) in [7, 11) is 0. The summed E-state index contributed by atoms with van der Waals surface area (Å²) in [5.74, 6) is 0. The molecular formula is C16H34O2. The van der Waals surface area contributed by atoms with Crippen LogP contribution in [-0.2, 0) is 4.74 Å². The zero-order valence-electron chi connectivity index (χ0n) is 12.8. The predicted molar refractivity (Wildman–Crippen MR) is 78.9 cm³/mol. The molecule has 0 aromatic carbocycles. The fraction of sp³-hybridized carbons (Fsp3) is 1.00. The van der Waals surface area contributed by atoms with E-state index >= 15 is 0 Å². The van der Waals surface area contributed by atoms with Gasteiger partial charge in [0.1, 0.15) is 0 Å². The zero-order valence-corrected chi connectivity index (χ0v) is 12.8. The molecule has 1 N–H and O–H groups in total. The molecule has 2 heteroatoms. The number of hydrogen-bond donors (Lipinski definition) is 1. The second-order valence-electron chi connectivity index (χ2n) is 5.41. The van der Waals surface area contributed by atoms with Crippen molar-refractivity contribution in [3.63, 3.8) is 0 Å². The molecule has 2 nitrogen and oxygen atoms in total. The molecule has 2 unspecified atom stereocenters. The lowest BCUT2D eigenvalue weighted by atomic mass is 10.1. The third kappa shape index (κ3) is 11.0. The third-order valence-electron chi connectivity index (χ3n) is 3.52. The minimum absolute atomic E-state index is 0.00232. The number of hydrogen-bond acceptors (Lipinski definition) is 2. The van der Waals surface area contributed by atoms with Gasteiger partial charge in [0.15, 0.2) is 0 Å². The molecule has 0 radical (unpaired) electrons. The van der Waals surface area contributed by atoms with Crippen LogP contribution in [0.25, 0.3) is 0 Å². The molecule has 0 fully saturated rings. The molecule has 18 heavy (non-hydrogen) atoms. The molecule has 0 saturated heterocycles. The number of aliphatic hydroxyl groups is 1. The molecule has 110 valence electrons. The second-order valence-corrected chi connectivity index (χ2v) is 5.41. The van der Waals surface area contributed by atoms with Gasteiger partial charge in [-0.1, -0.05) is 65.2 Å².